The van der Waals surface area contributed by atoms with Crippen LogP contribution in [-0.2, 0) is 20.8 Å². The molecule has 0 radical (unpaired) electrons. The van der Waals surface area contributed by atoms with Crippen molar-refractivity contribution < 1.29 is 34.5 Å². The van der Waals surface area contributed by atoms with Gasteiger partial charge in [0.25, 0.3) is 0 Å². The lowest BCUT2D eigenvalue weighted by Gasteiger charge is -2.39. The van der Waals surface area contributed by atoms with E-state index in [2.05, 4.69) is 0 Å². The number of phenolic OH excluding ortho intramolecular Hbond substituents is 3. The fourth-order valence-corrected chi connectivity index (χ4v) is 2.95. The van der Waals surface area contributed by atoms with Gasteiger partial charge in [0.15, 0.2) is 11.5 Å². The van der Waals surface area contributed by atoms with Crippen molar-refractivity contribution in [3.63, 3.8) is 0 Å². The molecule has 0 aliphatic rings. The summed E-state index contributed by atoms with van der Waals surface area (Å²) in [7, 11) is 0. The van der Waals surface area contributed by atoms with Gasteiger partial charge in [-0.05, 0) is 77.4 Å². The molecular weight excluding hydrogens is 414 g/mol. The van der Waals surface area contributed by atoms with Crippen molar-refractivity contribution in [3.8, 4) is 17.2 Å². The van der Waals surface area contributed by atoms with Crippen LogP contribution < -0.4 is 0 Å². The fraction of sp³-hybridized carbons (Fsp3) is 0.417. The number of ether oxygens (including phenoxy) is 1. The van der Waals surface area contributed by atoms with Gasteiger partial charge in [-0.1, -0.05) is 12.1 Å². The third-order valence-corrected chi connectivity index (χ3v) is 4.38. The topological polar surface area (TPSA) is 117 Å². The molecule has 0 saturated carbocycles. The average molecular weight is 446 g/mol. The van der Waals surface area contributed by atoms with E-state index in [1.54, 1.807) is 53.7 Å². The predicted molar refractivity (Wildman–Crippen MR) is 118 cm³/mol. The summed E-state index contributed by atoms with van der Waals surface area (Å²) in [5.41, 5.74) is -0.832. The SMILES string of the molecule is CC(C)(C)OC(=O)[C@H](Cc1ccc(O)cc1)N(OC(=O)c1ccc(O)c(O)c1)C(C)(C)C. The normalized spacial score (nSPS) is 13.0. The van der Waals surface area contributed by atoms with Crippen molar-refractivity contribution in [2.75, 3.05) is 0 Å². The number of phenols is 3. The lowest BCUT2D eigenvalue weighted by Crippen LogP contribution is -2.54. The molecule has 0 heterocycles. The van der Waals surface area contributed by atoms with Crippen LogP contribution in [0.2, 0.25) is 0 Å². The number of nitrogens with zero attached hydrogens (tertiary/aromatic N) is 1. The minimum Gasteiger partial charge on any atom is -0.508 e. The van der Waals surface area contributed by atoms with Crippen molar-refractivity contribution in [1.29, 1.82) is 0 Å². The second kappa shape index (κ2) is 9.48. The lowest BCUT2D eigenvalue weighted by atomic mass is 10.00. The Labute approximate surface area is 188 Å². The molecule has 0 spiro atoms. The highest BCUT2D eigenvalue weighted by molar-refractivity contribution is 5.90. The van der Waals surface area contributed by atoms with Gasteiger partial charge in [-0.2, -0.15) is 0 Å². The molecule has 0 amide bonds. The molecule has 0 fully saturated rings. The Hall–Kier alpha value is -3.26. The molecule has 0 unspecified atom stereocenters. The first kappa shape index (κ1) is 25.0. The molecule has 8 nitrogen and oxygen atoms in total. The molecule has 0 saturated heterocycles. The van der Waals surface area contributed by atoms with E-state index in [-0.39, 0.29) is 23.5 Å². The van der Waals surface area contributed by atoms with Gasteiger partial charge in [-0.25, -0.2) is 4.79 Å². The van der Waals surface area contributed by atoms with Crippen molar-refractivity contribution in [3.05, 3.63) is 53.6 Å². The van der Waals surface area contributed by atoms with Gasteiger partial charge in [-0.15, -0.1) is 5.06 Å². The maximum absolute atomic E-state index is 13.2. The molecular formula is C24H31NO7. The van der Waals surface area contributed by atoms with E-state index in [1.807, 2.05) is 0 Å². The van der Waals surface area contributed by atoms with Gasteiger partial charge in [0.1, 0.15) is 17.4 Å². The van der Waals surface area contributed by atoms with Crippen LogP contribution >= 0.6 is 0 Å². The zero-order valence-corrected chi connectivity index (χ0v) is 19.2. The van der Waals surface area contributed by atoms with Crippen LogP contribution in [0.4, 0.5) is 0 Å². The van der Waals surface area contributed by atoms with E-state index in [0.717, 1.165) is 11.6 Å². The second-order valence-corrected chi connectivity index (χ2v) is 9.50. The van der Waals surface area contributed by atoms with Crippen LogP contribution in [0.1, 0.15) is 57.5 Å². The number of benzene rings is 2. The van der Waals surface area contributed by atoms with Gasteiger partial charge >= 0.3 is 11.9 Å². The highest BCUT2D eigenvalue weighted by Crippen LogP contribution is 2.28. The Bertz CT molecular complexity index is 956. The second-order valence-electron chi connectivity index (χ2n) is 9.50. The molecule has 0 bridgehead atoms. The van der Waals surface area contributed by atoms with E-state index < -0.39 is 34.9 Å². The molecule has 3 N–H and O–H groups in total. The number of hydrogen-bond acceptors (Lipinski definition) is 8. The number of hydroxylamine groups is 2. The number of esters is 1. The first-order chi connectivity index (χ1) is 14.7. The highest BCUT2D eigenvalue weighted by Gasteiger charge is 2.40. The molecule has 2 aromatic carbocycles. The largest absolute Gasteiger partial charge is 0.508 e. The van der Waals surface area contributed by atoms with Gasteiger partial charge in [0.05, 0.1) is 5.56 Å². The van der Waals surface area contributed by atoms with E-state index in [1.165, 1.54) is 29.3 Å². The molecule has 0 aliphatic heterocycles. The molecule has 0 aromatic heterocycles. The van der Waals surface area contributed by atoms with Crippen LogP contribution in [0.15, 0.2) is 42.5 Å². The molecule has 0 aliphatic carbocycles. The predicted octanol–water partition coefficient (Wildman–Crippen LogP) is 3.93. The summed E-state index contributed by atoms with van der Waals surface area (Å²) in [4.78, 5) is 31.6. The van der Waals surface area contributed by atoms with Crippen LogP contribution in [0, 0.1) is 0 Å². The average Bonchev–Trinajstić information content (AvgIpc) is 2.65. The minimum absolute atomic E-state index is 0.00196. The summed E-state index contributed by atoms with van der Waals surface area (Å²) in [6.45, 7) is 10.6. The number of aromatic hydroxyl groups is 3. The van der Waals surface area contributed by atoms with Crippen LogP contribution in [0.5, 0.6) is 17.2 Å². The van der Waals surface area contributed by atoms with Crippen LogP contribution in [0.3, 0.4) is 0 Å². The first-order valence-electron chi connectivity index (χ1n) is 10.2. The molecule has 8 heteroatoms. The monoisotopic (exact) mass is 445 g/mol. The lowest BCUT2D eigenvalue weighted by molar-refractivity contribution is -0.210. The molecule has 174 valence electrons. The van der Waals surface area contributed by atoms with Gasteiger partial charge in [0, 0.05) is 12.0 Å². The fourth-order valence-electron chi connectivity index (χ4n) is 2.95. The van der Waals surface area contributed by atoms with Crippen molar-refractivity contribution in [2.45, 2.75) is 65.1 Å². The number of rotatable bonds is 6. The number of hydrogen-bond donors (Lipinski definition) is 3. The zero-order valence-electron chi connectivity index (χ0n) is 19.2. The van der Waals surface area contributed by atoms with Gasteiger partial charge in [-0.3, -0.25) is 4.79 Å². The molecule has 2 aromatic rings. The van der Waals surface area contributed by atoms with Crippen LogP contribution in [0.25, 0.3) is 0 Å². The Morgan fingerprint density at radius 2 is 1.50 bits per heavy atom. The Kier molecular flexibility index (Phi) is 7.41. The van der Waals surface area contributed by atoms with Crippen molar-refractivity contribution in [1.82, 2.24) is 5.06 Å². The minimum atomic E-state index is -0.992. The summed E-state index contributed by atoms with van der Waals surface area (Å²) < 4.78 is 5.60. The van der Waals surface area contributed by atoms with Crippen LogP contribution in [-0.4, -0.2) is 49.5 Å². The molecule has 2 rings (SSSR count). The summed E-state index contributed by atoms with van der Waals surface area (Å²) in [6, 6.07) is 8.94. The van der Waals surface area contributed by atoms with Gasteiger partial charge in [0.2, 0.25) is 0 Å². The number of carbonyl (C=O) groups excluding carboxylic acids is 2. The van der Waals surface area contributed by atoms with Gasteiger partial charge < -0.3 is 24.9 Å². The summed E-state index contributed by atoms with van der Waals surface area (Å²) in [5, 5.41) is 30.1. The maximum Gasteiger partial charge on any atom is 0.357 e. The summed E-state index contributed by atoms with van der Waals surface area (Å²) in [6.07, 6.45) is 0.153. The highest BCUT2D eigenvalue weighted by atomic mass is 16.7. The molecule has 32 heavy (non-hydrogen) atoms. The Morgan fingerprint density at radius 3 is 2.00 bits per heavy atom. The first-order valence-corrected chi connectivity index (χ1v) is 10.2. The standard InChI is InChI=1S/C24H31NO7/c1-23(2,3)25(32-21(29)16-9-12-19(27)20(28)14-16)18(22(30)31-24(4,5)6)13-15-7-10-17(26)11-8-15/h7-12,14,18,26-28H,13H2,1-6H3/t18-/m0/s1. The van der Waals surface area contributed by atoms with E-state index >= 15 is 0 Å². The zero-order chi connectivity index (χ0) is 24.3. The molecule has 1 atom stereocenters. The smallest absolute Gasteiger partial charge is 0.357 e. The third-order valence-electron chi connectivity index (χ3n) is 4.38. The number of carbonyl (C=O) groups is 2. The quantitative estimate of drug-likeness (QED) is 0.348. The van der Waals surface area contributed by atoms with E-state index in [0.29, 0.717) is 0 Å². The van der Waals surface area contributed by atoms with E-state index in [4.69, 9.17) is 9.57 Å². The van der Waals surface area contributed by atoms with Crippen molar-refractivity contribution >= 4 is 11.9 Å². The maximum atomic E-state index is 13.2. The summed E-state index contributed by atoms with van der Waals surface area (Å²) >= 11 is 0. The Morgan fingerprint density at radius 1 is 0.906 bits per heavy atom. The Balaban J connectivity index is 2.42. The van der Waals surface area contributed by atoms with E-state index in [9.17, 15) is 24.9 Å². The third kappa shape index (κ3) is 6.88. The van der Waals surface area contributed by atoms with Crippen molar-refractivity contribution in [2.24, 2.45) is 0 Å². The summed E-state index contributed by atoms with van der Waals surface area (Å²) in [5.74, 6) is -2.13.